The fraction of sp³-hybridized carbons (Fsp3) is 0.333. The molecule has 3 aromatic rings. The lowest BCUT2D eigenvalue weighted by atomic mass is 9.80. The second kappa shape index (κ2) is 11.1. The van der Waals surface area contributed by atoms with E-state index in [1.165, 1.54) is 25.7 Å². The Bertz CT molecular complexity index is 1220. The smallest absolute Gasteiger partial charge is 0.206 e. The third-order valence-corrected chi connectivity index (χ3v) is 7.11. The van der Waals surface area contributed by atoms with Gasteiger partial charge in [-0.15, -0.1) is 0 Å². The average molecular weight is 521 g/mol. The molecule has 196 valence electrons. The van der Waals surface area contributed by atoms with Gasteiger partial charge < -0.3 is 0 Å². The molecule has 1 aliphatic carbocycles. The van der Waals surface area contributed by atoms with Gasteiger partial charge in [-0.1, -0.05) is 56.9 Å². The summed E-state index contributed by atoms with van der Waals surface area (Å²) in [6.45, 7) is 2.29. The molecule has 0 nitrogen and oxygen atoms in total. The van der Waals surface area contributed by atoms with Gasteiger partial charge in [-0.05, 0) is 77.3 Å². The van der Waals surface area contributed by atoms with Crippen molar-refractivity contribution in [2.24, 2.45) is 11.8 Å². The maximum atomic E-state index is 14.9. The first-order valence-electron chi connectivity index (χ1n) is 12.3. The van der Waals surface area contributed by atoms with Crippen LogP contribution in [0.25, 0.3) is 28.3 Å². The zero-order valence-corrected chi connectivity index (χ0v) is 20.3. The van der Waals surface area contributed by atoms with Gasteiger partial charge in [0.15, 0.2) is 0 Å². The van der Waals surface area contributed by atoms with E-state index in [0.29, 0.717) is 17.7 Å². The molecular weight excluding hydrogens is 493 g/mol. The molecule has 0 radical (unpaired) electrons. The van der Waals surface area contributed by atoms with Gasteiger partial charge >= 0.3 is 6.18 Å². The van der Waals surface area contributed by atoms with Crippen LogP contribution in [0.3, 0.4) is 0 Å². The Balaban J connectivity index is 1.52. The number of aryl methyl sites for hydroxylation is 1. The number of rotatable bonds is 6. The average Bonchev–Trinajstić information content (AvgIpc) is 2.82. The van der Waals surface area contributed by atoms with E-state index in [4.69, 9.17) is 0 Å². The van der Waals surface area contributed by atoms with Gasteiger partial charge in [0.25, 0.3) is 0 Å². The highest BCUT2D eigenvalue weighted by molar-refractivity contribution is 5.73. The van der Waals surface area contributed by atoms with Crippen molar-refractivity contribution in [1.82, 2.24) is 0 Å². The predicted molar refractivity (Wildman–Crippen MR) is 132 cm³/mol. The summed E-state index contributed by atoms with van der Waals surface area (Å²) in [4.78, 5) is 0. The van der Waals surface area contributed by atoms with Crippen molar-refractivity contribution in [2.45, 2.75) is 51.6 Å². The molecule has 0 unspecified atom stereocenters. The molecule has 0 atom stereocenters. The molecule has 37 heavy (non-hydrogen) atoms. The maximum absolute atomic E-state index is 14.9. The standard InChI is InChI=1S/C30H27F7/c1-18-2-4-19(5-3-18)6-7-20-8-10-21(11-9-20)22-14-27(33)29(28(34)15-22)23-16-25(31)24(26(32)17-23)12-13-30(35,36)37/h8-19H,2-7H2,1H3/b13-12+. The lowest BCUT2D eigenvalue weighted by Crippen LogP contribution is -2.12. The monoisotopic (exact) mass is 520 g/mol. The molecule has 0 N–H and O–H groups in total. The minimum absolute atomic E-state index is 0.240. The molecule has 0 aliphatic heterocycles. The van der Waals surface area contributed by atoms with E-state index in [2.05, 4.69) is 6.92 Å². The number of hydrogen-bond acceptors (Lipinski definition) is 0. The van der Waals surface area contributed by atoms with Crippen molar-refractivity contribution in [3.8, 4) is 22.3 Å². The zero-order valence-electron chi connectivity index (χ0n) is 20.3. The van der Waals surface area contributed by atoms with Crippen LogP contribution in [-0.2, 0) is 6.42 Å². The van der Waals surface area contributed by atoms with E-state index in [0.717, 1.165) is 42.4 Å². The summed E-state index contributed by atoms with van der Waals surface area (Å²) in [6.07, 6.45) is 2.27. The summed E-state index contributed by atoms with van der Waals surface area (Å²) in [5.74, 6) is -3.27. The summed E-state index contributed by atoms with van der Waals surface area (Å²) in [6, 6.07) is 10.8. The van der Waals surface area contributed by atoms with Crippen molar-refractivity contribution in [2.75, 3.05) is 0 Å². The molecule has 1 saturated carbocycles. The molecule has 0 saturated heterocycles. The number of alkyl halides is 3. The van der Waals surface area contributed by atoms with Gasteiger partial charge in [-0.2, -0.15) is 13.2 Å². The lowest BCUT2D eigenvalue weighted by molar-refractivity contribution is -0.0790. The first-order valence-corrected chi connectivity index (χ1v) is 12.3. The molecule has 1 aliphatic rings. The van der Waals surface area contributed by atoms with Crippen LogP contribution >= 0.6 is 0 Å². The van der Waals surface area contributed by atoms with E-state index >= 15 is 0 Å². The Hall–Kier alpha value is -3.09. The van der Waals surface area contributed by atoms with Crippen molar-refractivity contribution in [1.29, 1.82) is 0 Å². The first-order chi connectivity index (χ1) is 17.5. The molecule has 0 heterocycles. The Morgan fingerprint density at radius 1 is 0.730 bits per heavy atom. The largest absolute Gasteiger partial charge is 0.409 e. The summed E-state index contributed by atoms with van der Waals surface area (Å²) in [5.41, 5.74) is -0.0662. The topological polar surface area (TPSA) is 0 Å². The van der Waals surface area contributed by atoms with Crippen LogP contribution in [0.1, 0.15) is 50.2 Å². The van der Waals surface area contributed by atoms with Crippen LogP contribution in [0.4, 0.5) is 30.7 Å². The quantitative estimate of drug-likeness (QED) is 0.284. The summed E-state index contributed by atoms with van der Waals surface area (Å²) < 4.78 is 95.6. The van der Waals surface area contributed by atoms with E-state index in [-0.39, 0.29) is 17.7 Å². The van der Waals surface area contributed by atoms with Gasteiger partial charge in [0, 0.05) is 11.6 Å². The van der Waals surface area contributed by atoms with Crippen molar-refractivity contribution >= 4 is 6.08 Å². The van der Waals surface area contributed by atoms with Crippen LogP contribution in [0, 0.1) is 35.1 Å². The summed E-state index contributed by atoms with van der Waals surface area (Å²) in [5, 5.41) is 0. The van der Waals surface area contributed by atoms with Crippen LogP contribution in [0.15, 0.2) is 54.6 Å². The van der Waals surface area contributed by atoms with Crippen molar-refractivity contribution < 1.29 is 30.7 Å². The van der Waals surface area contributed by atoms with E-state index in [9.17, 15) is 30.7 Å². The van der Waals surface area contributed by atoms with Gasteiger partial charge in [0.2, 0.25) is 0 Å². The lowest BCUT2D eigenvalue weighted by Gasteiger charge is -2.26. The van der Waals surface area contributed by atoms with Crippen molar-refractivity contribution in [3.63, 3.8) is 0 Å². The van der Waals surface area contributed by atoms with Crippen molar-refractivity contribution in [3.05, 3.63) is 89.0 Å². The third-order valence-electron chi connectivity index (χ3n) is 7.11. The fourth-order valence-electron chi connectivity index (χ4n) is 4.93. The number of halogens is 7. The third kappa shape index (κ3) is 6.82. The molecule has 0 spiro atoms. The van der Waals surface area contributed by atoms with Crippen LogP contribution in [0.2, 0.25) is 0 Å². The van der Waals surface area contributed by atoms with E-state index in [1.807, 2.05) is 12.1 Å². The molecule has 4 rings (SSSR count). The van der Waals surface area contributed by atoms with Crippen LogP contribution in [0.5, 0.6) is 0 Å². The number of benzene rings is 3. The van der Waals surface area contributed by atoms with E-state index < -0.39 is 46.1 Å². The first kappa shape index (κ1) is 27.0. The molecule has 0 amide bonds. The molecule has 0 bridgehead atoms. The normalized spacial score (nSPS) is 18.5. The molecule has 7 heteroatoms. The minimum atomic E-state index is -4.77. The number of hydrogen-bond donors (Lipinski definition) is 0. The summed E-state index contributed by atoms with van der Waals surface area (Å²) in [7, 11) is 0. The zero-order chi connectivity index (χ0) is 26.7. The second-order valence-corrected chi connectivity index (χ2v) is 9.90. The molecule has 0 aromatic heterocycles. The highest BCUT2D eigenvalue weighted by atomic mass is 19.4. The minimum Gasteiger partial charge on any atom is -0.206 e. The van der Waals surface area contributed by atoms with Gasteiger partial charge in [0.05, 0.1) is 5.56 Å². The molecule has 1 fully saturated rings. The van der Waals surface area contributed by atoms with Gasteiger partial charge in [-0.3, -0.25) is 0 Å². The number of allylic oxidation sites excluding steroid dienone is 1. The maximum Gasteiger partial charge on any atom is 0.409 e. The van der Waals surface area contributed by atoms with Crippen LogP contribution < -0.4 is 0 Å². The second-order valence-electron chi connectivity index (χ2n) is 9.90. The Kier molecular flexibility index (Phi) is 8.10. The van der Waals surface area contributed by atoms with Crippen LogP contribution in [-0.4, -0.2) is 6.18 Å². The van der Waals surface area contributed by atoms with Gasteiger partial charge in [0.1, 0.15) is 23.3 Å². The Labute approximate surface area is 211 Å². The SMILES string of the molecule is CC1CCC(CCc2ccc(-c3cc(F)c(-c4cc(F)c(/C=C/C(F)(F)F)c(F)c4)c(F)c3)cc2)CC1. The Morgan fingerprint density at radius 2 is 1.27 bits per heavy atom. The van der Waals surface area contributed by atoms with E-state index in [1.54, 1.807) is 12.1 Å². The Morgan fingerprint density at radius 3 is 1.81 bits per heavy atom. The fourth-order valence-corrected chi connectivity index (χ4v) is 4.93. The molecule has 3 aromatic carbocycles. The predicted octanol–water partition coefficient (Wildman–Crippen LogP) is 9.91. The highest BCUT2D eigenvalue weighted by Crippen LogP contribution is 2.34. The summed E-state index contributed by atoms with van der Waals surface area (Å²) >= 11 is 0. The molecular formula is C30H27F7. The highest BCUT2D eigenvalue weighted by Gasteiger charge is 2.24. The van der Waals surface area contributed by atoms with Gasteiger partial charge in [-0.25, -0.2) is 17.6 Å².